The van der Waals surface area contributed by atoms with E-state index in [9.17, 15) is 50.6 Å². The van der Waals surface area contributed by atoms with E-state index >= 15 is 0 Å². The zero-order valence-electron chi connectivity index (χ0n) is 26.4. The number of carbonyl (C=O) groups is 2. The highest BCUT2D eigenvalue weighted by atomic mass is 16.6. The molecule has 0 aromatic heterocycles. The Balaban J connectivity index is 0.000000600. The molecule has 42 heavy (non-hydrogen) atoms. The van der Waals surface area contributed by atoms with E-state index in [2.05, 4.69) is 0 Å². The molecule has 0 aromatic carbocycles. The third kappa shape index (κ3) is 10.0. The highest BCUT2D eigenvalue weighted by Gasteiger charge is 2.61. The number of nitrogens with zero attached hydrogens (tertiary/aromatic N) is 2. The standard InChI is InChI=1S/C10H18O4.2C9H19NO4/c11-9(12)7-5-3-1-2-4-6-8-10(13)14;2*1-7(2)5-6(11)9(12,13)8(3,4)10(7)14/h1-8H2,(H,11,12)(H,13,14);2*6,11-14H,5H2,1-4H3. The second-order valence-electron chi connectivity index (χ2n) is 13.7. The van der Waals surface area contributed by atoms with Crippen LogP contribution in [0.1, 0.15) is 120 Å². The first-order valence-electron chi connectivity index (χ1n) is 14.4. The Labute approximate surface area is 248 Å². The molecule has 10 N–H and O–H groups in total. The normalized spacial score (nSPS) is 27.0. The molecule has 2 rings (SSSR count). The Bertz CT molecular complexity index is 803. The molecule has 2 aliphatic heterocycles. The van der Waals surface area contributed by atoms with Gasteiger partial charge in [0.25, 0.3) is 0 Å². The molecule has 2 saturated heterocycles. The van der Waals surface area contributed by atoms with Crippen molar-refractivity contribution in [1.29, 1.82) is 0 Å². The molecule has 14 nitrogen and oxygen atoms in total. The minimum absolute atomic E-state index is 0.0972. The number of unbranched alkanes of at least 4 members (excludes halogenated alkanes) is 5. The molecule has 0 spiro atoms. The number of carboxylic acid groups (broad SMARTS) is 2. The molecular formula is C28H56N2O12. The van der Waals surface area contributed by atoms with Crippen LogP contribution in [0.25, 0.3) is 0 Å². The van der Waals surface area contributed by atoms with Crippen LogP contribution in [0, 0.1) is 0 Å². The van der Waals surface area contributed by atoms with Crippen molar-refractivity contribution in [3.63, 3.8) is 0 Å². The molecule has 2 fully saturated rings. The van der Waals surface area contributed by atoms with E-state index in [0.717, 1.165) is 48.7 Å². The maximum atomic E-state index is 10.1. The number of aliphatic hydroxyl groups is 6. The summed E-state index contributed by atoms with van der Waals surface area (Å²) in [6, 6.07) is 0. The van der Waals surface area contributed by atoms with E-state index in [-0.39, 0.29) is 25.7 Å². The van der Waals surface area contributed by atoms with Crippen molar-refractivity contribution >= 4 is 11.9 Å². The van der Waals surface area contributed by atoms with Gasteiger partial charge in [0.15, 0.2) is 0 Å². The van der Waals surface area contributed by atoms with Crippen LogP contribution < -0.4 is 0 Å². The number of hydrogen-bond acceptors (Lipinski definition) is 12. The minimum Gasteiger partial charge on any atom is -0.481 e. The molecule has 0 amide bonds. The Kier molecular flexibility index (Phi) is 14.5. The largest absolute Gasteiger partial charge is 0.481 e. The van der Waals surface area contributed by atoms with Gasteiger partial charge in [-0.05, 0) is 81.1 Å². The van der Waals surface area contributed by atoms with Crippen LogP contribution in [-0.4, -0.2) is 119 Å². The van der Waals surface area contributed by atoms with Crippen LogP contribution in [0.4, 0.5) is 0 Å². The Morgan fingerprint density at radius 2 is 0.810 bits per heavy atom. The molecule has 2 unspecified atom stereocenters. The smallest absolute Gasteiger partial charge is 0.303 e. The van der Waals surface area contributed by atoms with Gasteiger partial charge in [-0.15, -0.1) is 0 Å². The summed E-state index contributed by atoms with van der Waals surface area (Å²) in [5.41, 5.74) is -3.99. The predicted molar refractivity (Wildman–Crippen MR) is 151 cm³/mol. The van der Waals surface area contributed by atoms with E-state index in [4.69, 9.17) is 10.2 Å². The van der Waals surface area contributed by atoms with Gasteiger partial charge >= 0.3 is 11.9 Å². The van der Waals surface area contributed by atoms with Crippen LogP contribution in [0.5, 0.6) is 0 Å². The van der Waals surface area contributed by atoms with Gasteiger partial charge in [-0.3, -0.25) is 9.59 Å². The second kappa shape index (κ2) is 15.0. The van der Waals surface area contributed by atoms with Gasteiger partial charge in [-0.25, -0.2) is 0 Å². The Morgan fingerprint density at radius 1 is 0.571 bits per heavy atom. The molecule has 0 bridgehead atoms. The van der Waals surface area contributed by atoms with Gasteiger partial charge < -0.3 is 51.3 Å². The van der Waals surface area contributed by atoms with Crippen LogP contribution in [0.3, 0.4) is 0 Å². The maximum Gasteiger partial charge on any atom is 0.303 e. The maximum absolute atomic E-state index is 10.1. The van der Waals surface area contributed by atoms with Crippen molar-refractivity contribution in [3.05, 3.63) is 0 Å². The van der Waals surface area contributed by atoms with E-state index in [1.807, 2.05) is 0 Å². The lowest BCUT2D eigenvalue weighted by Crippen LogP contribution is -2.74. The molecule has 2 atom stereocenters. The zero-order valence-corrected chi connectivity index (χ0v) is 26.4. The monoisotopic (exact) mass is 612 g/mol. The van der Waals surface area contributed by atoms with Crippen LogP contribution >= 0.6 is 0 Å². The van der Waals surface area contributed by atoms with Crippen LogP contribution in [-0.2, 0) is 9.59 Å². The molecule has 0 radical (unpaired) electrons. The van der Waals surface area contributed by atoms with E-state index in [0.29, 0.717) is 0 Å². The lowest BCUT2D eigenvalue weighted by molar-refractivity contribution is -0.383. The fraction of sp³-hybridized carbons (Fsp3) is 0.929. The summed E-state index contributed by atoms with van der Waals surface area (Å²) in [6.07, 6.45) is 3.48. The lowest BCUT2D eigenvalue weighted by atomic mass is 9.75. The van der Waals surface area contributed by atoms with Gasteiger partial charge in [0.05, 0.1) is 11.1 Å². The number of rotatable bonds is 9. The highest BCUT2D eigenvalue weighted by molar-refractivity contribution is 5.66. The third-order valence-electron chi connectivity index (χ3n) is 8.35. The van der Waals surface area contributed by atoms with Gasteiger partial charge in [0.2, 0.25) is 11.6 Å². The fourth-order valence-corrected chi connectivity index (χ4v) is 5.30. The van der Waals surface area contributed by atoms with E-state index in [1.54, 1.807) is 27.7 Å². The number of carboxylic acids is 2. The average molecular weight is 613 g/mol. The quantitative estimate of drug-likeness (QED) is 0.131. The first-order chi connectivity index (χ1) is 18.7. The SMILES string of the molecule is CC1(C)CC(O)C(O)(O)C(C)(C)N1O.CC1(C)CC(O)C(O)(O)C(C)(C)N1O.O=C(O)CCCCCCCCC(=O)O. The van der Waals surface area contributed by atoms with Crippen molar-refractivity contribution in [2.24, 2.45) is 0 Å². The summed E-state index contributed by atoms with van der Waals surface area (Å²) in [6.45, 7) is 12.8. The number of piperidine rings is 2. The highest BCUT2D eigenvalue weighted by Crippen LogP contribution is 2.43. The zero-order chi connectivity index (χ0) is 33.5. The first kappa shape index (κ1) is 40.5. The van der Waals surface area contributed by atoms with Crippen LogP contribution in [0.2, 0.25) is 0 Å². The summed E-state index contributed by atoms with van der Waals surface area (Å²) in [5, 5.41) is 96.0. The van der Waals surface area contributed by atoms with Gasteiger partial charge in [0.1, 0.15) is 12.2 Å². The predicted octanol–water partition coefficient (Wildman–Crippen LogP) is 1.64. The van der Waals surface area contributed by atoms with Gasteiger partial charge in [-0.2, -0.15) is 10.1 Å². The average Bonchev–Trinajstić information content (AvgIpc) is 2.82. The number of aliphatic hydroxyl groups excluding tert-OH is 2. The minimum atomic E-state index is -2.31. The second-order valence-corrected chi connectivity index (χ2v) is 13.7. The molecule has 250 valence electrons. The molecule has 0 aromatic rings. The summed E-state index contributed by atoms with van der Waals surface area (Å²) in [5.74, 6) is -6.10. The summed E-state index contributed by atoms with van der Waals surface area (Å²) < 4.78 is 0. The lowest BCUT2D eigenvalue weighted by Gasteiger charge is -2.56. The molecule has 2 heterocycles. The third-order valence-corrected chi connectivity index (χ3v) is 8.35. The van der Waals surface area contributed by atoms with Crippen molar-refractivity contribution in [2.45, 2.75) is 166 Å². The first-order valence-corrected chi connectivity index (χ1v) is 14.4. The fourth-order valence-electron chi connectivity index (χ4n) is 5.30. The van der Waals surface area contributed by atoms with Crippen molar-refractivity contribution in [1.82, 2.24) is 10.1 Å². The number of hydrogen-bond donors (Lipinski definition) is 10. The van der Waals surface area contributed by atoms with E-state index in [1.165, 1.54) is 27.7 Å². The molecular weight excluding hydrogens is 556 g/mol. The van der Waals surface area contributed by atoms with Crippen LogP contribution in [0.15, 0.2) is 0 Å². The van der Waals surface area contributed by atoms with E-state index < -0.39 is 57.9 Å². The number of hydroxylamine groups is 4. The van der Waals surface area contributed by atoms with Gasteiger partial charge in [0, 0.05) is 23.9 Å². The summed E-state index contributed by atoms with van der Waals surface area (Å²) in [7, 11) is 0. The van der Waals surface area contributed by atoms with Gasteiger partial charge in [-0.1, -0.05) is 25.7 Å². The molecule has 0 saturated carbocycles. The number of aliphatic carboxylic acids is 2. The van der Waals surface area contributed by atoms with Crippen molar-refractivity contribution in [3.8, 4) is 0 Å². The topological polar surface area (TPSA) is 243 Å². The summed E-state index contributed by atoms with van der Waals surface area (Å²) >= 11 is 0. The molecule has 0 aliphatic carbocycles. The van der Waals surface area contributed by atoms with Crippen molar-refractivity contribution in [2.75, 3.05) is 0 Å². The Morgan fingerprint density at radius 3 is 1.05 bits per heavy atom. The summed E-state index contributed by atoms with van der Waals surface area (Å²) in [4.78, 5) is 20.3. The molecule has 14 heteroatoms. The molecule has 2 aliphatic rings. The Hall–Kier alpha value is -1.46. The van der Waals surface area contributed by atoms with Crippen molar-refractivity contribution < 1.29 is 60.9 Å².